The minimum atomic E-state index is 0.231. The maximum atomic E-state index is 8.82. The van der Waals surface area contributed by atoms with Crippen LogP contribution in [-0.2, 0) is 13.2 Å². The van der Waals surface area contributed by atoms with Gasteiger partial charge in [0, 0.05) is 13.2 Å². The maximum absolute atomic E-state index is 8.82. The van der Waals surface area contributed by atoms with E-state index in [2.05, 4.69) is 24.4 Å². The highest BCUT2D eigenvalue weighted by Crippen LogP contribution is 2.37. The highest BCUT2D eigenvalue weighted by molar-refractivity contribution is 6.32. The second-order valence-electron chi connectivity index (χ2n) is 6.22. The zero-order chi connectivity index (χ0) is 18.8. The molecule has 0 aliphatic rings. The van der Waals surface area contributed by atoms with Gasteiger partial charge in [0.05, 0.1) is 11.6 Å². The van der Waals surface area contributed by atoms with Gasteiger partial charge in [0.1, 0.15) is 6.61 Å². The molecule has 0 atom stereocenters. The molecule has 0 bridgehead atoms. The minimum absolute atomic E-state index is 0.231. The lowest BCUT2D eigenvalue weighted by molar-refractivity contribution is 0.269. The summed E-state index contributed by atoms with van der Waals surface area (Å²) < 4.78 is 11.7. The number of aryl methyl sites for hydroxylation is 1. The van der Waals surface area contributed by atoms with E-state index in [0.717, 1.165) is 30.5 Å². The summed E-state index contributed by atoms with van der Waals surface area (Å²) in [5, 5.41) is 12.7. The Hall–Kier alpha value is -1.75. The number of halogens is 1. The quantitative estimate of drug-likeness (QED) is 0.566. The van der Waals surface area contributed by atoms with Gasteiger partial charge in [-0.1, -0.05) is 41.4 Å². The van der Waals surface area contributed by atoms with Gasteiger partial charge in [0.2, 0.25) is 0 Å². The number of aliphatic hydroxyl groups is 1. The molecule has 4 nitrogen and oxygen atoms in total. The third-order valence-electron chi connectivity index (χ3n) is 3.96. The summed E-state index contributed by atoms with van der Waals surface area (Å²) >= 11 is 6.46. The molecular weight excluding hydrogens is 350 g/mol. The van der Waals surface area contributed by atoms with Crippen LogP contribution < -0.4 is 14.8 Å². The average Bonchev–Trinajstić information content (AvgIpc) is 2.62. The largest absolute Gasteiger partial charge is 0.490 e. The van der Waals surface area contributed by atoms with Gasteiger partial charge in [0.25, 0.3) is 0 Å². The molecule has 0 saturated heterocycles. The van der Waals surface area contributed by atoms with Crippen molar-refractivity contribution in [3.8, 4) is 11.5 Å². The van der Waals surface area contributed by atoms with Crippen molar-refractivity contribution in [2.45, 2.75) is 39.8 Å². The molecular formula is C21H28ClNO3. The molecule has 0 saturated carbocycles. The SMILES string of the molecule is CCOc1cc(CNCCCCO)cc(Cl)c1OCc1ccc(C)cc1. The van der Waals surface area contributed by atoms with Crippen LogP contribution in [0.5, 0.6) is 11.5 Å². The van der Waals surface area contributed by atoms with E-state index >= 15 is 0 Å². The fourth-order valence-electron chi connectivity index (χ4n) is 2.56. The van der Waals surface area contributed by atoms with E-state index in [0.29, 0.717) is 36.3 Å². The number of benzene rings is 2. The van der Waals surface area contributed by atoms with E-state index in [9.17, 15) is 0 Å². The van der Waals surface area contributed by atoms with Crippen molar-refractivity contribution in [1.29, 1.82) is 0 Å². The maximum Gasteiger partial charge on any atom is 0.180 e. The summed E-state index contributed by atoms with van der Waals surface area (Å²) in [6.07, 6.45) is 1.75. The Labute approximate surface area is 161 Å². The third kappa shape index (κ3) is 6.52. The number of unbranched alkanes of at least 4 members (excludes halogenated alkanes) is 1. The highest BCUT2D eigenvalue weighted by Gasteiger charge is 2.13. The van der Waals surface area contributed by atoms with Gasteiger partial charge < -0.3 is 19.9 Å². The molecule has 0 radical (unpaired) electrons. The molecule has 2 aromatic rings. The normalized spacial score (nSPS) is 10.8. The number of hydrogen-bond donors (Lipinski definition) is 2. The minimum Gasteiger partial charge on any atom is -0.490 e. The lowest BCUT2D eigenvalue weighted by Gasteiger charge is -2.16. The molecule has 0 aromatic heterocycles. The molecule has 2 aromatic carbocycles. The van der Waals surface area contributed by atoms with E-state index in [4.69, 9.17) is 26.2 Å². The summed E-state index contributed by atoms with van der Waals surface area (Å²) in [5.74, 6) is 1.25. The molecule has 2 rings (SSSR count). The number of ether oxygens (including phenoxy) is 2. The van der Waals surface area contributed by atoms with Crippen molar-refractivity contribution in [1.82, 2.24) is 5.32 Å². The summed E-state index contributed by atoms with van der Waals surface area (Å²) in [6.45, 7) is 6.78. The molecule has 0 heterocycles. The molecule has 0 fully saturated rings. The monoisotopic (exact) mass is 377 g/mol. The second kappa shape index (κ2) is 11.1. The number of nitrogens with one attached hydrogen (secondary N) is 1. The van der Waals surface area contributed by atoms with Crippen molar-refractivity contribution in [2.75, 3.05) is 19.8 Å². The van der Waals surface area contributed by atoms with Gasteiger partial charge >= 0.3 is 0 Å². The Morgan fingerprint density at radius 2 is 1.81 bits per heavy atom. The lowest BCUT2D eigenvalue weighted by Crippen LogP contribution is -2.15. The highest BCUT2D eigenvalue weighted by atomic mass is 35.5. The van der Waals surface area contributed by atoms with E-state index in [-0.39, 0.29) is 6.61 Å². The van der Waals surface area contributed by atoms with Crippen LogP contribution in [0.4, 0.5) is 0 Å². The summed E-state index contributed by atoms with van der Waals surface area (Å²) in [5.41, 5.74) is 3.35. The lowest BCUT2D eigenvalue weighted by atomic mass is 10.1. The predicted molar refractivity (Wildman–Crippen MR) is 106 cm³/mol. The zero-order valence-corrected chi connectivity index (χ0v) is 16.3. The van der Waals surface area contributed by atoms with Crippen LogP contribution in [0.25, 0.3) is 0 Å². The van der Waals surface area contributed by atoms with E-state index in [1.54, 1.807) is 0 Å². The molecule has 0 aliphatic heterocycles. The van der Waals surface area contributed by atoms with Gasteiger partial charge in [-0.05, 0) is 56.5 Å². The van der Waals surface area contributed by atoms with Crippen molar-refractivity contribution in [3.63, 3.8) is 0 Å². The molecule has 2 N–H and O–H groups in total. The van der Waals surface area contributed by atoms with Crippen LogP contribution >= 0.6 is 11.6 Å². The van der Waals surface area contributed by atoms with Crippen molar-refractivity contribution >= 4 is 11.6 Å². The summed E-state index contributed by atoms with van der Waals surface area (Å²) in [6, 6.07) is 12.1. The topological polar surface area (TPSA) is 50.7 Å². The molecule has 5 heteroatoms. The number of rotatable bonds is 11. The molecule has 26 heavy (non-hydrogen) atoms. The smallest absolute Gasteiger partial charge is 0.180 e. The van der Waals surface area contributed by atoms with Gasteiger partial charge in [-0.2, -0.15) is 0 Å². The van der Waals surface area contributed by atoms with Crippen molar-refractivity contribution in [3.05, 3.63) is 58.1 Å². The van der Waals surface area contributed by atoms with Crippen LogP contribution in [0.2, 0.25) is 5.02 Å². The first-order valence-corrected chi connectivity index (χ1v) is 9.47. The standard InChI is InChI=1S/C21H28ClNO3/c1-3-25-20-13-18(14-23-10-4-5-11-24)12-19(22)21(20)26-15-17-8-6-16(2)7-9-17/h6-9,12-13,23-24H,3-5,10-11,14-15H2,1-2H3. The Kier molecular flexibility index (Phi) is 8.75. The second-order valence-corrected chi connectivity index (χ2v) is 6.63. The first-order chi connectivity index (χ1) is 12.6. The Bertz CT molecular complexity index is 674. The molecule has 142 valence electrons. The van der Waals surface area contributed by atoms with Crippen molar-refractivity contribution in [2.24, 2.45) is 0 Å². The predicted octanol–water partition coefficient (Wildman–Crippen LogP) is 4.49. The van der Waals surface area contributed by atoms with E-state index in [1.807, 2.05) is 31.2 Å². The Morgan fingerprint density at radius 1 is 1.04 bits per heavy atom. The molecule has 0 amide bonds. The van der Waals surface area contributed by atoms with Gasteiger partial charge in [-0.25, -0.2) is 0 Å². The fraction of sp³-hybridized carbons (Fsp3) is 0.429. The van der Waals surface area contributed by atoms with Crippen LogP contribution in [0.15, 0.2) is 36.4 Å². The van der Waals surface area contributed by atoms with Crippen LogP contribution in [0.1, 0.15) is 36.5 Å². The van der Waals surface area contributed by atoms with Crippen LogP contribution in [-0.4, -0.2) is 24.9 Å². The number of hydrogen-bond acceptors (Lipinski definition) is 4. The Balaban J connectivity index is 2.03. The average molecular weight is 378 g/mol. The summed E-state index contributed by atoms with van der Waals surface area (Å²) in [7, 11) is 0. The van der Waals surface area contributed by atoms with Crippen LogP contribution in [0.3, 0.4) is 0 Å². The first kappa shape index (κ1) is 20.6. The van der Waals surface area contributed by atoms with E-state index in [1.165, 1.54) is 5.56 Å². The first-order valence-electron chi connectivity index (χ1n) is 9.09. The van der Waals surface area contributed by atoms with Gasteiger partial charge in [0.15, 0.2) is 11.5 Å². The van der Waals surface area contributed by atoms with Crippen molar-refractivity contribution < 1.29 is 14.6 Å². The number of aliphatic hydroxyl groups excluding tert-OH is 1. The van der Waals surface area contributed by atoms with Crippen LogP contribution in [0, 0.1) is 6.92 Å². The molecule has 0 aliphatic carbocycles. The van der Waals surface area contributed by atoms with Gasteiger partial charge in [-0.3, -0.25) is 0 Å². The molecule has 0 unspecified atom stereocenters. The zero-order valence-electron chi connectivity index (χ0n) is 15.6. The Morgan fingerprint density at radius 3 is 2.50 bits per heavy atom. The summed E-state index contributed by atoms with van der Waals surface area (Å²) in [4.78, 5) is 0. The fourth-order valence-corrected chi connectivity index (χ4v) is 2.85. The van der Waals surface area contributed by atoms with Gasteiger partial charge in [-0.15, -0.1) is 0 Å². The van der Waals surface area contributed by atoms with E-state index < -0.39 is 0 Å². The molecule has 0 spiro atoms. The third-order valence-corrected chi connectivity index (χ3v) is 4.24.